The Morgan fingerprint density at radius 3 is 2.78 bits per heavy atom. The van der Waals surface area contributed by atoms with Crippen molar-refractivity contribution < 1.29 is 13.9 Å². The first-order valence-corrected chi connectivity index (χ1v) is 6.34. The molecule has 0 amide bonds. The Hall–Kier alpha value is -1.29. The van der Waals surface area contributed by atoms with E-state index in [1.807, 2.05) is 6.92 Å². The van der Waals surface area contributed by atoms with Gasteiger partial charge in [-0.3, -0.25) is 0 Å². The smallest absolute Gasteiger partial charge is 0.328 e. The minimum absolute atomic E-state index is 0.0270. The maximum Gasteiger partial charge on any atom is 0.328 e. The van der Waals surface area contributed by atoms with Crippen molar-refractivity contribution in [3.05, 3.63) is 29.0 Å². The summed E-state index contributed by atoms with van der Waals surface area (Å²) in [6, 6.07) is 3.83. The lowest BCUT2D eigenvalue weighted by Crippen LogP contribution is -2.31. The molecule has 0 aliphatic heterocycles. The molecule has 0 spiro atoms. The van der Waals surface area contributed by atoms with Crippen LogP contribution in [-0.4, -0.2) is 18.6 Å². The van der Waals surface area contributed by atoms with E-state index >= 15 is 0 Å². The van der Waals surface area contributed by atoms with Crippen LogP contribution in [0.4, 0.5) is 10.1 Å². The maximum atomic E-state index is 13.0. The predicted octanol–water partition coefficient (Wildman–Crippen LogP) is 3.62. The molecule has 1 aromatic rings. The van der Waals surface area contributed by atoms with Gasteiger partial charge in [0.15, 0.2) is 0 Å². The second kappa shape index (κ2) is 7.21. The molecular weight excluding hydrogens is 257 g/mol. The molecule has 1 aromatic carbocycles. The highest BCUT2D eigenvalue weighted by Crippen LogP contribution is 2.20. The second-order valence-electron chi connectivity index (χ2n) is 3.87. The zero-order valence-corrected chi connectivity index (χ0v) is 11.3. The average Bonchev–Trinajstić information content (AvgIpc) is 2.33. The first-order valence-electron chi connectivity index (χ1n) is 5.96. The number of esters is 1. The van der Waals surface area contributed by atoms with E-state index < -0.39 is 11.9 Å². The quantitative estimate of drug-likeness (QED) is 0.805. The van der Waals surface area contributed by atoms with Gasteiger partial charge in [-0.15, -0.1) is 0 Å². The normalized spacial score (nSPS) is 12.0. The molecule has 18 heavy (non-hydrogen) atoms. The molecule has 0 aliphatic rings. The van der Waals surface area contributed by atoms with Crippen LogP contribution in [0, 0.1) is 5.82 Å². The van der Waals surface area contributed by atoms with E-state index in [-0.39, 0.29) is 11.0 Å². The summed E-state index contributed by atoms with van der Waals surface area (Å²) in [5.41, 5.74) is 0.605. The minimum atomic E-state index is -0.481. The van der Waals surface area contributed by atoms with Crippen LogP contribution in [-0.2, 0) is 9.53 Å². The fraction of sp³-hybridized carbons (Fsp3) is 0.462. The number of hydrogen-bond acceptors (Lipinski definition) is 3. The molecule has 0 radical (unpaired) electrons. The number of ether oxygens (including phenoxy) is 1. The Morgan fingerprint density at radius 2 is 2.22 bits per heavy atom. The lowest BCUT2D eigenvalue weighted by atomic mass is 10.1. The molecule has 0 aromatic heterocycles. The van der Waals surface area contributed by atoms with E-state index in [4.69, 9.17) is 16.3 Å². The molecule has 1 N–H and O–H groups in total. The Labute approximate surface area is 111 Å². The molecule has 0 saturated carbocycles. The summed E-state index contributed by atoms with van der Waals surface area (Å²) in [7, 11) is 0. The van der Waals surface area contributed by atoms with Crippen molar-refractivity contribution in [2.45, 2.75) is 32.7 Å². The lowest BCUT2D eigenvalue weighted by Gasteiger charge is -2.17. The van der Waals surface area contributed by atoms with Crippen molar-refractivity contribution in [1.29, 1.82) is 0 Å². The van der Waals surface area contributed by atoms with Crippen molar-refractivity contribution in [2.24, 2.45) is 0 Å². The number of benzene rings is 1. The van der Waals surface area contributed by atoms with Gasteiger partial charge in [0.2, 0.25) is 0 Å². The molecule has 0 aliphatic carbocycles. The van der Waals surface area contributed by atoms with Gasteiger partial charge in [-0.25, -0.2) is 9.18 Å². The van der Waals surface area contributed by atoms with Gasteiger partial charge in [0.25, 0.3) is 0 Å². The first-order chi connectivity index (χ1) is 8.58. The van der Waals surface area contributed by atoms with Crippen molar-refractivity contribution in [2.75, 3.05) is 11.9 Å². The third kappa shape index (κ3) is 4.18. The van der Waals surface area contributed by atoms with E-state index in [1.54, 1.807) is 13.0 Å². The Kier molecular flexibility index (Phi) is 5.92. The highest BCUT2D eigenvalue weighted by Gasteiger charge is 2.18. The fourth-order valence-electron chi connectivity index (χ4n) is 1.57. The van der Waals surface area contributed by atoms with Crippen molar-refractivity contribution in [1.82, 2.24) is 0 Å². The second-order valence-corrected chi connectivity index (χ2v) is 4.27. The number of nitrogens with one attached hydrogen (secondary N) is 1. The van der Waals surface area contributed by atoms with Crippen LogP contribution in [0.15, 0.2) is 18.2 Å². The molecule has 0 fully saturated rings. The van der Waals surface area contributed by atoms with Crippen molar-refractivity contribution in [3.63, 3.8) is 0 Å². The molecular formula is C13H17ClFNO2. The van der Waals surface area contributed by atoms with Gasteiger partial charge in [-0.05, 0) is 31.5 Å². The van der Waals surface area contributed by atoms with E-state index in [1.165, 1.54) is 12.1 Å². The van der Waals surface area contributed by atoms with Crippen LogP contribution in [0.25, 0.3) is 0 Å². The minimum Gasteiger partial charge on any atom is -0.464 e. The SMILES string of the molecule is CCCC(Nc1ccc(F)c(Cl)c1)C(=O)OCC. The summed E-state index contributed by atoms with van der Waals surface area (Å²) in [5.74, 6) is -0.787. The number of rotatable bonds is 6. The summed E-state index contributed by atoms with van der Waals surface area (Å²) < 4.78 is 18.0. The maximum absolute atomic E-state index is 13.0. The summed E-state index contributed by atoms with van der Waals surface area (Å²) in [4.78, 5) is 11.7. The molecule has 5 heteroatoms. The molecule has 0 saturated heterocycles. The van der Waals surface area contributed by atoms with Crippen molar-refractivity contribution in [3.8, 4) is 0 Å². The standard InChI is InChI=1S/C13H17ClFNO2/c1-3-5-12(13(17)18-4-2)16-9-6-7-11(15)10(14)8-9/h6-8,12,16H,3-5H2,1-2H3. The van der Waals surface area contributed by atoms with Gasteiger partial charge >= 0.3 is 5.97 Å². The fourth-order valence-corrected chi connectivity index (χ4v) is 1.75. The topological polar surface area (TPSA) is 38.3 Å². The van der Waals surface area contributed by atoms with E-state index in [0.29, 0.717) is 18.7 Å². The third-order valence-corrected chi connectivity index (χ3v) is 2.70. The van der Waals surface area contributed by atoms with Gasteiger partial charge < -0.3 is 10.1 Å². The molecule has 3 nitrogen and oxygen atoms in total. The first kappa shape index (κ1) is 14.8. The average molecular weight is 274 g/mol. The number of hydrogen-bond donors (Lipinski definition) is 1. The van der Waals surface area contributed by atoms with Gasteiger partial charge in [0.1, 0.15) is 11.9 Å². The highest BCUT2D eigenvalue weighted by molar-refractivity contribution is 6.31. The zero-order valence-electron chi connectivity index (χ0n) is 10.5. The zero-order chi connectivity index (χ0) is 13.5. The summed E-state index contributed by atoms with van der Waals surface area (Å²) in [5, 5.41) is 3.03. The van der Waals surface area contributed by atoms with Crippen LogP contribution in [0.3, 0.4) is 0 Å². The summed E-state index contributed by atoms with van der Waals surface area (Å²) >= 11 is 5.68. The van der Waals surface area contributed by atoms with Gasteiger partial charge in [-0.1, -0.05) is 24.9 Å². The Morgan fingerprint density at radius 1 is 1.50 bits per heavy atom. The highest BCUT2D eigenvalue weighted by atomic mass is 35.5. The Balaban J connectivity index is 2.76. The molecule has 100 valence electrons. The third-order valence-electron chi connectivity index (χ3n) is 2.41. The molecule has 1 unspecified atom stereocenters. The van der Waals surface area contributed by atoms with Gasteiger partial charge in [0.05, 0.1) is 11.6 Å². The van der Waals surface area contributed by atoms with E-state index in [0.717, 1.165) is 6.42 Å². The summed E-state index contributed by atoms with van der Waals surface area (Å²) in [6.07, 6.45) is 1.49. The van der Waals surface area contributed by atoms with Crippen LogP contribution >= 0.6 is 11.6 Å². The molecule has 1 atom stereocenters. The number of carbonyl (C=O) groups is 1. The number of halogens is 2. The molecule has 1 rings (SSSR count). The molecule has 0 bridgehead atoms. The van der Waals surface area contributed by atoms with Crippen LogP contribution in [0.2, 0.25) is 5.02 Å². The molecule has 0 heterocycles. The lowest BCUT2D eigenvalue weighted by molar-refractivity contribution is -0.144. The van der Waals surface area contributed by atoms with E-state index in [2.05, 4.69) is 5.32 Å². The predicted molar refractivity (Wildman–Crippen MR) is 70.4 cm³/mol. The van der Waals surface area contributed by atoms with Gasteiger partial charge in [-0.2, -0.15) is 0 Å². The van der Waals surface area contributed by atoms with Crippen LogP contribution < -0.4 is 5.32 Å². The monoisotopic (exact) mass is 273 g/mol. The van der Waals surface area contributed by atoms with Crippen molar-refractivity contribution >= 4 is 23.3 Å². The largest absolute Gasteiger partial charge is 0.464 e. The number of anilines is 1. The van der Waals surface area contributed by atoms with Gasteiger partial charge in [0, 0.05) is 5.69 Å². The van der Waals surface area contributed by atoms with E-state index in [9.17, 15) is 9.18 Å². The van der Waals surface area contributed by atoms with Crippen LogP contribution in [0.1, 0.15) is 26.7 Å². The number of carbonyl (C=O) groups excluding carboxylic acids is 1. The van der Waals surface area contributed by atoms with Crippen LogP contribution in [0.5, 0.6) is 0 Å². The summed E-state index contributed by atoms with van der Waals surface area (Å²) in [6.45, 7) is 4.08. The Bertz CT molecular complexity index is 412.